The standard InChI is InChI=1S/C26H40O/c1-18-16-20(3)21(4)23(17-18)11-10-22-9-6-14-26(5)24(12-13-25(22)26)19(2)8-7-15-27/h10-11,15,18-20,24-25H,4,6-9,12-14,16-17H2,1-3,5H3/b22-10+,23-11-/t18-,19+,20-,24?,25-,26+/m0/s1. The molecule has 0 amide bonds. The third-order valence-electron chi connectivity index (χ3n) is 8.29. The van der Waals surface area contributed by atoms with Gasteiger partial charge in [0.25, 0.3) is 0 Å². The summed E-state index contributed by atoms with van der Waals surface area (Å²) in [6, 6.07) is 0. The van der Waals surface area contributed by atoms with Crippen LogP contribution in [0.4, 0.5) is 0 Å². The molecule has 0 radical (unpaired) electrons. The first-order valence-corrected chi connectivity index (χ1v) is 11.4. The molecule has 150 valence electrons. The minimum Gasteiger partial charge on any atom is -0.303 e. The van der Waals surface area contributed by atoms with Crippen LogP contribution in [0.1, 0.15) is 85.5 Å². The zero-order chi connectivity index (χ0) is 19.6. The molecule has 1 nitrogen and oxygen atoms in total. The highest BCUT2D eigenvalue weighted by atomic mass is 16.1. The second-order valence-electron chi connectivity index (χ2n) is 10.2. The fraction of sp³-hybridized carbons (Fsp3) is 0.731. The number of hydrogen-bond donors (Lipinski definition) is 0. The molecule has 3 aliphatic rings. The average molecular weight is 369 g/mol. The van der Waals surface area contributed by atoms with E-state index in [-0.39, 0.29) is 0 Å². The van der Waals surface area contributed by atoms with Crippen molar-refractivity contribution >= 4 is 6.29 Å². The third-order valence-corrected chi connectivity index (χ3v) is 8.29. The summed E-state index contributed by atoms with van der Waals surface area (Å²) in [5.74, 6) is 3.61. The van der Waals surface area contributed by atoms with Gasteiger partial charge in [0.2, 0.25) is 0 Å². The Balaban J connectivity index is 1.78. The van der Waals surface area contributed by atoms with E-state index in [9.17, 15) is 4.79 Å². The number of carbonyl (C=O) groups is 1. The van der Waals surface area contributed by atoms with Crippen LogP contribution in [0.3, 0.4) is 0 Å². The zero-order valence-electron chi connectivity index (χ0n) is 18.1. The second kappa shape index (κ2) is 8.50. The van der Waals surface area contributed by atoms with E-state index in [4.69, 9.17) is 0 Å². The molecule has 6 atom stereocenters. The number of carbonyl (C=O) groups excluding carboxylic acids is 1. The van der Waals surface area contributed by atoms with Gasteiger partial charge in [-0.3, -0.25) is 0 Å². The molecule has 0 aromatic carbocycles. The highest BCUT2D eigenvalue weighted by molar-refractivity contribution is 5.49. The summed E-state index contributed by atoms with van der Waals surface area (Å²) in [5.41, 5.74) is 5.00. The lowest BCUT2D eigenvalue weighted by Gasteiger charge is -2.44. The lowest BCUT2D eigenvalue weighted by Crippen LogP contribution is -2.36. The first-order valence-electron chi connectivity index (χ1n) is 11.4. The maximum atomic E-state index is 10.8. The quantitative estimate of drug-likeness (QED) is 0.465. The Bertz CT molecular complexity index is 624. The van der Waals surface area contributed by atoms with Gasteiger partial charge in [-0.15, -0.1) is 0 Å². The normalized spacial score (nSPS) is 41.0. The Hall–Kier alpha value is -1.11. The van der Waals surface area contributed by atoms with Crippen LogP contribution in [0.5, 0.6) is 0 Å². The molecule has 27 heavy (non-hydrogen) atoms. The number of allylic oxidation sites excluding steroid dienone is 5. The highest BCUT2D eigenvalue weighted by Crippen LogP contribution is 2.59. The molecule has 3 rings (SSSR count). The SMILES string of the molecule is C=C1/C(=C\C=C2/CCC[C@]3(C)C([C@H](C)CCC=O)CC[C@@H]23)C[C@@H](C)C[C@@H]1C. The predicted octanol–water partition coefficient (Wildman–Crippen LogP) is 7.29. The molecule has 1 heteroatoms. The summed E-state index contributed by atoms with van der Waals surface area (Å²) < 4.78 is 0. The minimum absolute atomic E-state index is 0.440. The fourth-order valence-corrected chi connectivity index (χ4v) is 6.78. The van der Waals surface area contributed by atoms with Gasteiger partial charge in [-0.2, -0.15) is 0 Å². The summed E-state index contributed by atoms with van der Waals surface area (Å²) >= 11 is 0. The van der Waals surface area contributed by atoms with E-state index in [2.05, 4.69) is 46.4 Å². The Labute approximate surface area is 167 Å². The summed E-state index contributed by atoms with van der Waals surface area (Å²) in [5, 5.41) is 0. The van der Waals surface area contributed by atoms with E-state index in [0.29, 0.717) is 17.3 Å². The second-order valence-corrected chi connectivity index (χ2v) is 10.2. The van der Waals surface area contributed by atoms with Gasteiger partial charge in [0.15, 0.2) is 0 Å². The van der Waals surface area contributed by atoms with Crippen LogP contribution in [0, 0.1) is 35.0 Å². The molecule has 0 aromatic rings. The topological polar surface area (TPSA) is 17.1 Å². The van der Waals surface area contributed by atoms with Gasteiger partial charge in [-0.1, -0.05) is 52.0 Å². The molecule has 0 aliphatic heterocycles. The van der Waals surface area contributed by atoms with Gasteiger partial charge in [0, 0.05) is 6.42 Å². The van der Waals surface area contributed by atoms with Crippen LogP contribution in [-0.4, -0.2) is 6.29 Å². The Kier molecular flexibility index (Phi) is 6.49. The minimum atomic E-state index is 0.440. The molecule has 3 fully saturated rings. The van der Waals surface area contributed by atoms with E-state index >= 15 is 0 Å². The summed E-state index contributed by atoms with van der Waals surface area (Å²) in [4.78, 5) is 10.8. The Morgan fingerprint density at radius 2 is 2.04 bits per heavy atom. The monoisotopic (exact) mass is 368 g/mol. The molecular weight excluding hydrogens is 328 g/mol. The molecule has 0 saturated heterocycles. The van der Waals surface area contributed by atoms with Gasteiger partial charge < -0.3 is 4.79 Å². The van der Waals surface area contributed by atoms with Gasteiger partial charge in [0.05, 0.1) is 0 Å². The molecule has 3 aliphatic carbocycles. The van der Waals surface area contributed by atoms with Crippen LogP contribution in [0.15, 0.2) is 35.5 Å². The number of fused-ring (bicyclic) bond motifs is 1. The molecule has 0 bridgehead atoms. The Morgan fingerprint density at radius 3 is 2.78 bits per heavy atom. The van der Waals surface area contributed by atoms with Crippen molar-refractivity contribution in [2.45, 2.75) is 85.5 Å². The maximum absolute atomic E-state index is 10.8. The molecule has 1 unspecified atom stereocenters. The van der Waals surface area contributed by atoms with Gasteiger partial charge in [0.1, 0.15) is 6.29 Å². The van der Waals surface area contributed by atoms with Crippen molar-refractivity contribution < 1.29 is 4.79 Å². The van der Waals surface area contributed by atoms with Gasteiger partial charge >= 0.3 is 0 Å². The predicted molar refractivity (Wildman–Crippen MR) is 116 cm³/mol. The van der Waals surface area contributed by atoms with Crippen molar-refractivity contribution in [2.24, 2.45) is 35.0 Å². The van der Waals surface area contributed by atoms with Crippen LogP contribution in [-0.2, 0) is 4.79 Å². The van der Waals surface area contributed by atoms with Crippen molar-refractivity contribution in [2.75, 3.05) is 0 Å². The molecular formula is C26H40O. The number of aldehydes is 1. The van der Waals surface area contributed by atoms with E-state index in [1.165, 1.54) is 56.1 Å². The van der Waals surface area contributed by atoms with E-state index in [0.717, 1.165) is 36.9 Å². The lowest BCUT2D eigenvalue weighted by molar-refractivity contribution is -0.108. The number of rotatable bonds is 5. The van der Waals surface area contributed by atoms with Crippen molar-refractivity contribution in [1.82, 2.24) is 0 Å². The van der Waals surface area contributed by atoms with Crippen molar-refractivity contribution in [1.29, 1.82) is 0 Å². The van der Waals surface area contributed by atoms with Crippen molar-refractivity contribution in [3.05, 3.63) is 35.5 Å². The first kappa shape index (κ1) is 20.6. The van der Waals surface area contributed by atoms with Gasteiger partial charge in [-0.25, -0.2) is 0 Å². The van der Waals surface area contributed by atoms with Crippen LogP contribution in [0.25, 0.3) is 0 Å². The van der Waals surface area contributed by atoms with Gasteiger partial charge in [-0.05, 0) is 97.5 Å². The zero-order valence-corrected chi connectivity index (χ0v) is 18.1. The van der Waals surface area contributed by atoms with Crippen LogP contribution < -0.4 is 0 Å². The summed E-state index contributed by atoms with van der Waals surface area (Å²) in [7, 11) is 0. The lowest BCUT2D eigenvalue weighted by atomic mass is 9.60. The summed E-state index contributed by atoms with van der Waals surface area (Å²) in [6.07, 6.45) is 16.9. The van der Waals surface area contributed by atoms with E-state index in [1.54, 1.807) is 5.57 Å². The van der Waals surface area contributed by atoms with E-state index in [1.807, 2.05) is 0 Å². The fourth-order valence-electron chi connectivity index (χ4n) is 6.78. The molecule has 0 spiro atoms. The third kappa shape index (κ3) is 4.17. The summed E-state index contributed by atoms with van der Waals surface area (Å²) in [6.45, 7) is 14.0. The van der Waals surface area contributed by atoms with Crippen molar-refractivity contribution in [3.63, 3.8) is 0 Å². The molecule has 3 saturated carbocycles. The molecule has 0 aromatic heterocycles. The van der Waals surface area contributed by atoms with Crippen molar-refractivity contribution in [3.8, 4) is 0 Å². The first-order chi connectivity index (χ1) is 12.9. The van der Waals surface area contributed by atoms with E-state index < -0.39 is 0 Å². The molecule has 0 heterocycles. The smallest absolute Gasteiger partial charge is 0.120 e. The largest absolute Gasteiger partial charge is 0.303 e. The number of hydrogen-bond acceptors (Lipinski definition) is 1. The van der Waals surface area contributed by atoms with Crippen LogP contribution >= 0.6 is 0 Å². The highest BCUT2D eigenvalue weighted by Gasteiger charge is 2.50. The average Bonchev–Trinajstić information content (AvgIpc) is 2.99. The van der Waals surface area contributed by atoms with Crippen LogP contribution in [0.2, 0.25) is 0 Å². The Morgan fingerprint density at radius 1 is 1.26 bits per heavy atom. The maximum Gasteiger partial charge on any atom is 0.120 e. The molecule has 0 N–H and O–H groups in total.